The molecule has 0 atom stereocenters. The van der Waals surface area contributed by atoms with Gasteiger partial charge in [0.25, 0.3) is 0 Å². The van der Waals surface area contributed by atoms with Gasteiger partial charge in [0, 0.05) is 19.7 Å². The third kappa shape index (κ3) is 4.37. The molecule has 4 nitrogen and oxygen atoms in total. The number of aryl methyl sites for hydroxylation is 2. The van der Waals surface area contributed by atoms with Crippen molar-refractivity contribution < 1.29 is 5.11 Å². The van der Waals surface area contributed by atoms with Crippen LogP contribution in [-0.4, -0.2) is 40.0 Å². The first-order valence-electron chi connectivity index (χ1n) is 6.61. The molecule has 5 heteroatoms. The molecule has 1 rings (SSSR count). The van der Waals surface area contributed by atoms with Crippen LogP contribution in [0.3, 0.4) is 0 Å². The van der Waals surface area contributed by atoms with Crippen molar-refractivity contribution in [1.29, 1.82) is 0 Å². The normalized spacial score (nSPS) is 11.4. The lowest BCUT2D eigenvalue weighted by atomic mass is 10.2. The number of hydrogen-bond acceptors (Lipinski definition) is 3. The molecule has 0 aromatic carbocycles. The van der Waals surface area contributed by atoms with Gasteiger partial charge in [-0.25, -0.2) is 0 Å². The number of rotatable bonds is 8. The van der Waals surface area contributed by atoms with Crippen LogP contribution in [0, 0.1) is 6.92 Å². The predicted octanol–water partition coefficient (Wildman–Crippen LogP) is 2.57. The van der Waals surface area contributed by atoms with Crippen LogP contribution in [-0.2, 0) is 13.1 Å². The summed E-state index contributed by atoms with van der Waals surface area (Å²) in [6.07, 6.45) is 3.13. The third-order valence-corrected chi connectivity index (χ3v) is 4.10. The highest BCUT2D eigenvalue weighted by molar-refractivity contribution is 9.10. The van der Waals surface area contributed by atoms with Gasteiger partial charge in [-0.05, 0) is 62.6 Å². The van der Waals surface area contributed by atoms with Gasteiger partial charge in [0.15, 0.2) is 0 Å². The highest BCUT2D eigenvalue weighted by Crippen LogP contribution is 2.22. The molecule has 104 valence electrons. The molecule has 0 unspecified atom stereocenters. The summed E-state index contributed by atoms with van der Waals surface area (Å²) < 4.78 is 3.19. The minimum atomic E-state index is 0.303. The van der Waals surface area contributed by atoms with Crippen molar-refractivity contribution in [1.82, 2.24) is 14.7 Å². The Hall–Kier alpha value is -0.390. The Balaban J connectivity index is 2.50. The lowest BCUT2D eigenvalue weighted by molar-refractivity contribution is 0.269. The van der Waals surface area contributed by atoms with Crippen LogP contribution in [0.2, 0.25) is 0 Å². The highest BCUT2D eigenvalue weighted by Gasteiger charge is 2.13. The summed E-state index contributed by atoms with van der Waals surface area (Å²) in [4.78, 5) is 2.31. The van der Waals surface area contributed by atoms with Gasteiger partial charge in [0.05, 0.1) is 15.9 Å². The molecular formula is C13H24BrN3O. The second kappa shape index (κ2) is 7.92. The molecular weight excluding hydrogens is 294 g/mol. The molecule has 1 aromatic rings. The Bertz CT molecular complexity index is 365. The van der Waals surface area contributed by atoms with Gasteiger partial charge in [0.2, 0.25) is 0 Å². The van der Waals surface area contributed by atoms with E-state index in [4.69, 9.17) is 5.11 Å². The number of nitrogens with zero attached hydrogens (tertiary/aromatic N) is 3. The van der Waals surface area contributed by atoms with Crippen LogP contribution in [0.15, 0.2) is 4.47 Å². The molecule has 0 aliphatic rings. The van der Waals surface area contributed by atoms with Crippen molar-refractivity contribution in [2.75, 3.05) is 20.2 Å². The van der Waals surface area contributed by atoms with E-state index < -0.39 is 0 Å². The molecule has 0 aliphatic heterocycles. The summed E-state index contributed by atoms with van der Waals surface area (Å²) in [5, 5.41) is 13.2. The predicted molar refractivity (Wildman–Crippen MR) is 77.6 cm³/mol. The van der Waals surface area contributed by atoms with E-state index in [1.165, 1.54) is 5.69 Å². The molecule has 0 spiro atoms. The average molecular weight is 318 g/mol. The number of halogens is 1. The van der Waals surface area contributed by atoms with E-state index in [9.17, 15) is 0 Å². The maximum absolute atomic E-state index is 8.74. The van der Waals surface area contributed by atoms with Crippen LogP contribution in [0.4, 0.5) is 0 Å². The van der Waals surface area contributed by atoms with E-state index in [-0.39, 0.29) is 0 Å². The quantitative estimate of drug-likeness (QED) is 0.749. The van der Waals surface area contributed by atoms with E-state index in [2.05, 4.69) is 44.6 Å². The molecule has 18 heavy (non-hydrogen) atoms. The fraction of sp³-hybridized carbons (Fsp3) is 0.769. The topological polar surface area (TPSA) is 41.3 Å². The van der Waals surface area contributed by atoms with Crippen molar-refractivity contribution in [2.45, 2.75) is 46.2 Å². The van der Waals surface area contributed by atoms with Crippen LogP contribution in [0.25, 0.3) is 0 Å². The fourth-order valence-electron chi connectivity index (χ4n) is 2.03. The Morgan fingerprint density at radius 1 is 1.33 bits per heavy atom. The Labute approximate surface area is 118 Å². The number of aliphatic hydroxyl groups excluding tert-OH is 1. The summed E-state index contributed by atoms with van der Waals surface area (Å²) in [6.45, 7) is 7.32. The van der Waals surface area contributed by atoms with Crippen molar-refractivity contribution in [3.8, 4) is 0 Å². The van der Waals surface area contributed by atoms with Crippen molar-refractivity contribution in [3.05, 3.63) is 15.9 Å². The summed E-state index contributed by atoms with van der Waals surface area (Å²) >= 11 is 3.62. The molecule has 0 radical (unpaired) electrons. The first-order chi connectivity index (χ1) is 8.60. The molecule has 0 aliphatic carbocycles. The zero-order chi connectivity index (χ0) is 13.5. The first kappa shape index (κ1) is 15.7. The maximum atomic E-state index is 8.74. The standard InChI is InChI=1S/C13H24BrN3O/c1-4-17-12(13(14)11(2)15-17)10-16(3)8-6-5-7-9-18/h18H,4-10H2,1-3H3. The molecule has 0 fully saturated rings. The zero-order valence-electron chi connectivity index (χ0n) is 11.6. The Morgan fingerprint density at radius 2 is 2.06 bits per heavy atom. The van der Waals surface area contributed by atoms with Gasteiger partial charge >= 0.3 is 0 Å². The molecule has 0 amide bonds. The second-order valence-electron chi connectivity index (χ2n) is 4.68. The van der Waals surface area contributed by atoms with Gasteiger partial charge in [-0.2, -0.15) is 5.10 Å². The lowest BCUT2D eigenvalue weighted by Gasteiger charge is -2.17. The Kier molecular flexibility index (Phi) is 6.89. The fourth-order valence-corrected chi connectivity index (χ4v) is 2.43. The minimum absolute atomic E-state index is 0.303. The third-order valence-electron chi connectivity index (χ3n) is 3.07. The van der Waals surface area contributed by atoms with Crippen molar-refractivity contribution in [3.63, 3.8) is 0 Å². The van der Waals surface area contributed by atoms with Gasteiger partial charge < -0.3 is 10.0 Å². The second-order valence-corrected chi connectivity index (χ2v) is 5.48. The monoisotopic (exact) mass is 317 g/mol. The van der Waals surface area contributed by atoms with Gasteiger partial charge in [-0.3, -0.25) is 4.68 Å². The number of aromatic nitrogens is 2. The lowest BCUT2D eigenvalue weighted by Crippen LogP contribution is -2.21. The summed E-state index contributed by atoms with van der Waals surface area (Å²) in [5.74, 6) is 0. The maximum Gasteiger partial charge on any atom is 0.0739 e. The SMILES string of the molecule is CCn1nc(C)c(Br)c1CN(C)CCCCCO. The molecule has 1 aromatic heterocycles. The van der Waals surface area contributed by atoms with E-state index in [1.54, 1.807) is 0 Å². The molecule has 1 heterocycles. The smallest absolute Gasteiger partial charge is 0.0739 e. The molecule has 1 N–H and O–H groups in total. The molecule has 0 saturated heterocycles. The van der Waals surface area contributed by atoms with Crippen LogP contribution >= 0.6 is 15.9 Å². The number of unbranched alkanes of at least 4 members (excludes halogenated alkanes) is 2. The van der Waals surface area contributed by atoms with Crippen LogP contribution in [0.1, 0.15) is 37.6 Å². The van der Waals surface area contributed by atoms with E-state index in [1.807, 2.05) is 6.92 Å². The molecule has 0 saturated carbocycles. The van der Waals surface area contributed by atoms with Gasteiger partial charge in [-0.1, -0.05) is 0 Å². The van der Waals surface area contributed by atoms with Crippen molar-refractivity contribution in [2.24, 2.45) is 0 Å². The number of hydrogen-bond donors (Lipinski definition) is 1. The first-order valence-corrected chi connectivity index (χ1v) is 7.40. The zero-order valence-corrected chi connectivity index (χ0v) is 13.2. The van der Waals surface area contributed by atoms with E-state index in [0.717, 1.165) is 49.1 Å². The molecule has 0 bridgehead atoms. The largest absolute Gasteiger partial charge is 0.396 e. The highest BCUT2D eigenvalue weighted by atomic mass is 79.9. The summed E-state index contributed by atoms with van der Waals surface area (Å²) in [5.41, 5.74) is 2.31. The van der Waals surface area contributed by atoms with Crippen LogP contribution in [0.5, 0.6) is 0 Å². The minimum Gasteiger partial charge on any atom is -0.396 e. The van der Waals surface area contributed by atoms with E-state index >= 15 is 0 Å². The number of aliphatic hydroxyl groups is 1. The average Bonchev–Trinajstić information content (AvgIpc) is 2.62. The van der Waals surface area contributed by atoms with Gasteiger partial charge in [-0.15, -0.1) is 0 Å². The Morgan fingerprint density at radius 3 is 2.67 bits per heavy atom. The van der Waals surface area contributed by atoms with Crippen molar-refractivity contribution >= 4 is 15.9 Å². The van der Waals surface area contributed by atoms with Crippen LogP contribution < -0.4 is 0 Å². The van der Waals surface area contributed by atoms with Gasteiger partial charge in [0.1, 0.15) is 0 Å². The summed E-state index contributed by atoms with van der Waals surface area (Å²) in [7, 11) is 2.13. The summed E-state index contributed by atoms with van der Waals surface area (Å²) in [6, 6.07) is 0. The van der Waals surface area contributed by atoms with E-state index in [0.29, 0.717) is 6.61 Å².